The van der Waals surface area contributed by atoms with E-state index >= 15 is 0 Å². The third-order valence-electron chi connectivity index (χ3n) is 3.58. The van der Waals surface area contributed by atoms with Crippen molar-refractivity contribution in [3.05, 3.63) is 0 Å². The summed E-state index contributed by atoms with van der Waals surface area (Å²) in [6, 6.07) is -2.35. The zero-order valence-electron chi connectivity index (χ0n) is 23.8. The lowest BCUT2D eigenvalue weighted by molar-refractivity contribution is -0.145. The van der Waals surface area contributed by atoms with Crippen LogP contribution in [0.1, 0.15) is 69.2 Å². The molecule has 0 aromatic carbocycles. The Bertz CT molecular complexity index is 871. The molecule has 0 spiro atoms. The number of carbonyl (C=O) groups is 4. The Balaban J connectivity index is -0.000000539. The summed E-state index contributed by atoms with van der Waals surface area (Å²) in [5, 5.41) is 13.6. The quantitative estimate of drug-likeness (QED) is 0.138. The molecule has 0 saturated carbocycles. The highest BCUT2D eigenvalue weighted by atomic mass is 35.7. The molecule has 232 valence electrons. The lowest BCUT2D eigenvalue weighted by Gasteiger charge is -2.24. The number of ether oxygens (including phenoxy) is 3. The number of alkyl carbamates (subject to hydrolysis) is 2. The standard InChI is InChI=1S/C11H20ClNO4.C10H19NO4.CH2Cl2O3S/c1-7(2)8(9(14)16-6-12)13-10(15)17-11(3,4)5;1-6(2)7(8(12)13)11-9(14)15-10(3,4)5;2-1-6-7(3,4)5/h7-8H,6H2,1-5H3,(H,13,15);6-7H,1-5H3,(H,11,14)(H,12,13);1H2/t8-;7-;/m00./s1. The van der Waals surface area contributed by atoms with Crippen molar-refractivity contribution in [3.63, 3.8) is 0 Å². The van der Waals surface area contributed by atoms with Crippen LogP contribution < -0.4 is 10.6 Å². The molecule has 0 bridgehead atoms. The van der Waals surface area contributed by atoms with Crippen LogP contribution in [0.2, 0.25) is 0 Å². The van der Waals surface area contributed by atoms with Gasteiger partial charge in [-0.2, -0.15) is 8.42 Å². The highest BCUT2D eigenvalue weighted by molar-refractivity contribution is 8.10. The van der Waals surface area contributed by atoms with Crippen molar-refractivity contribution in [2.24, 2.45) is 11.8 Å². The van der Waals surface area contributed by atoms with Crippen LogP contribution >= 0.6 is 33.9 Å². The molecule has 0 aliphatic carbocycles. The Labute approximate surface area is 245 Å². The van der Waals surface area contributed by atoms with Gasteiger partial charge in [0.2, 0.25) is 0 Å². The minimum atomic E-state index is -3.83. The summed E-state index contributed by atoms with van der Waals surface area (Å²) >= 11 is 10.1. The summed E-state index contributed by atoms with van der Waals surface area (Å²) in [4.78, 5) is 45.1. The van der Waals surface area contributed by atoms with Gasteiger partial charge in [-0.25, -0.2) is 23.4 Å². The van der Waals surface area contributed by atoms with Crippen molar-refractivity contribution in [1.82, 2.24) is 10.6 Å². The van der Waals surface area contributed by atoms with Gasteiger partial charge in [0.05, 0.1) is 0 Å². The minimum absolute atomic E-state index is 0.113. The molecule has 0 heterocycles. The molecule has 0 aliphatic rings. The molecule has 0 saturated heterocycles. The van der Waals surface area contributed by atoms with Crippen LogP contribution in [0.15, 0.2) is 0 Å². The van der Waals surface area contributed by atoms with Crippen LogP contribution in [0.4, 0.5) is 9.59 Å². The molecule has 0 unspecified atom stereocenters. The van der Waals surface area contributed by atoms with Gasteiger partial charge in [-0.1, -0.05) is 50.9 Å². The summed E-state index contributed by atoms with van der Waals surface area (Å²) in [6.07, 6.45) is -1.36. The first kappa shape index (κ1) is 41.7. The zero-order chi connectivity index (χ0) is 31.8. The van der Waals surface area contributed by atoms with E-state index in [4.69, 9.17) is 37.8 Å². The summed E-state index contributed by atoms with van der Waals surface area (Å²) in [5.74, 6) is -1.93. The molecule has 0 rings (SSSR count). The van der Waals surface area contributed by atoms with Gasteiger partial charge in [0.1, 0.15) is 29.4 Å². The molecule has 0 fully saturated rings. The summed E-state index contributed by atoms with van der Waals surface area (Å²) in [7, 11) is 0.665. The number of halogens is 3. The van der Waals surface area contributed by atoms with Gasteiger partial charge in [-0.3, -0.25) is 0 Å². The van der Waals surface area contributed by atoms with Crippen molar-refractivity contribution in [3.8, 4) is 0 Å². The fourth-order valence-corrected chi connectivity index (χ4v) is 2.91. The maximum absolute atomic E-state index is 11.5. The van der Waals surface area contributed by atoms with E-state index < -0.39 is 62.8 Å². The molecule has 0 aliphatic heterocycles. The molecule has 0 aromatic heterocycles. The highest BCUT2D eigenvalue weighted by Crippen LogP contribution is 2.10. The molecule has 0 radical (unpaired) electrons. The molecule has 17 heteroatoms. The van der Waals surface area contributed by atoms with Gasteiger partial charge in [0.15, 0.2) is 6.07 Å². The molecule has 2 amide bonds. The van der Waals surface area contributed by atoms with Gasteiger partial charge in [-0.15, -0.1) is 0 Å². The number of hydrogen-bond acceptors (Lipinski definition) is 10. The number of carboxylic acids is 1. The van der Waals surface area contributed by atoms with Crippen LogP contribution in [-0.2, 0) is 37.3 Å². The number of aliphatic carboxylic acids is 1. The van der Waals surface area contributed by atoms with E-state index in [1.807, 2.05) is 0 Å². The highest BCUT2D eigenvalue weighted by Gasteiger charge is 2.28. The minimum Gasteiger partial charge on any atom is -0.480 e. The maximum Gasteiger partial charge on any atom is 0.408 e. The second kappa shape index (κ2) is 19.4. The Morgan fingerprint density at radius 1 is 0.769 bits per heavy atom. The van der Waals surface area contributed by atoms with Crippen molar-refractivity contribution in [1.29, 1.82) is 0 Å². The number of nitrogens with one attached hydrogen (secondary N) is 2. The SMILES string of the molecule is CC(C)[C@H](NC(=O)OC(C)(C)C)C(=O)O.CC(C)[C@H](NC(=O)OC(C)(C)C)C(=O)OCCl.O=S(=O)(Cl)OCCl. The zero-order valence-corrected chi connectivity index (χ0v) is 26.9. The van der Waals surface area contributed by atoms with Gasteiger partial charge in [-0.05, 0) is 53.4 Å². The van der Waals surface area contributed by atoms with E-state index in [2.05, 4.69) is 30.2 Å². The first-order valence-corrected chi connectivity index (χ1v) is 14.8. The van der Waals surface area contributed by atoms with E-state index in [9.17, 15) is 27.6 Å². The van der Waals surface area contributed by atoms with Gasteiger partial charge < -0.3 is 30.0 Å². The fourth-order valence-electron chi connectivity index (χ4n) is 2.08. The summed E-state index contributed by atoms with van der Waals surface area (Å²) in [6.45, 7) is 17.4. The van der Waals surface area contributed by atoms with Crippen LogP contribution in [0.5, 0.6) is 0 Å². The van der Waals surface area contributed by atoms with Crippen LogP contribution in [0, 0.1) is 11.8 Å². The number of carbonyl (C=O) groups excluding carboxylic acids is 3. The number of amides is 2. The number of hydrogen-bond donors (Lipinski definition) is 3. The molecular weight excluding hydrogens is 607 g/mol. The topological polar surface area (TPSA) is 184 Å². The van der Waals surface area contributed by atoms with Crippen molar-refractivity contribution >= 4 is 67.3 Å². The van der Waals surface area contributed by atoms with Gasteiger partial charge in [0, 0.05) is 10.7 Å². The normalized spacial score (nSPS) is 13.0. The number of rotatable bonds is 9. The Morgan fingerprint density at radius 2 is 1.13 bits per heavy atom. The van der Waals surface area contributed by atoms with E-state index in [0.717, 1.165) is 0 Å². The van der Waals surface area contributed by atoms with Gasteiger partial charge >= 0.3 is 33.5 Å². The monoisotopic (exact) mass is 646 g/mol. The van der Waals surface area contributed by atoms with E-state index in [1.165, 1.54) is 0 Å². The maximum atomic E-state index is 11.5. The van der Waals surface area contributed by atoms with Crippen LogP contribution in [-0.4, -0.2) is 73.1 Å². The lowest BCUT2D eigenvalue weighted by atomic mass is 10.1. The average Bonchev–Trinajstić information content (AvgIpc) is 2.67. The number of esters is 1. The van der Waals surface area contributed by atoms with Crippen molar-refractivity contribution < 1.29 is 51.1 Å². The molecule has 13 nitrogen and oxygen atoms in total. The second-order valence-corrected chi connectivity index (χ2v) is 12.9. The van der Waals surface area contributed by atoms with Crippen LogP contribution in [0.25, 0.3) is 0 Å². The number of alkyl halides is 2. The molecule has 3 N–H and O–H groups in total. The average molecular weight is 648 g/mol. The van der Waals surface area contributed by atoms with E-state index in [0.29, 0.717) is 0 Å². The molecule has 0 aromatic rings. The van der Waals surface area contributed by atoms with Gasteiger partial charge in [0.25, 0.3) is 0 Å². The molecule has 39 heavy (non-hydrogen) atoms. The number of carboxylic acid groups (broad SMARTS) is 1. The Hall–Kier alpha value is -1.74. The predicted octanol–water partition coefficient (Wildman–Crippen LogP) is 4.58. The smallest absolute Gasteiger partial charge is 0.408 e. The lowest BCUT2D eigenvalue weighted by Crippen LogP contribution is -2.47. The van der Waals surface area contributed by atoms with E-state index in [1.54, 1.807) is 69.2 Å². The van der Waals surface area contributed by atoms with Crippen molar-refractivity contribution in [2.75, 3.05) is 12.1 Å². The third-order valence-corrected chi connectivity index (χ3v) is 4.59. The Kier molecular flexibility index (Phi) is 20.7. The first-order valence-electron chi connectivity index (χ1n) is 11.5. The third kappa shape index (κ3) is 27.6. The largest absolute Gasteiger partial charge is 0.480 e. The first-order chi connectivity index (χ1) is 17.4. The van der Waals surface area contributed by atoms with E-state index in [-0.39, 0.29) is 17.9 Å². The summed E-state index contributed by atoms with van der Waals surface area (Å²) in [5.41, 5.74) is -1.23. The molecule has 2 atom stereocenters. The van der Waals surface area contributed by atoms with Crippen molar-refractivity contribution in [2.45, 2.75) is 92.5 Å². The fraction of sp³-hybridized carbons (Fsp3) is 0.818. The Morgan fingerprint density at radius 3 is 1.33 bits per heavy atom. The predicted molar refractivity (Wildman–Crippen MR) is 147 cm³/mol. The second-order valence-electron chi connectivity index (χ2n) is 10.3. The summed E-state index contributed by atoms with van der Waals surface area (Å²) < 4.78 is 37.8. The molecular formula is C22H41Cl3N2O11S. The van der Waals surface area contributed by atoms with Crippen LogP contribution in [0.3, 0.4) is 0 Å².